The quantitative estimate of drug-likeness (QED) is 0.510. The number of ketones is 2. The fourth-order valence-electron chi connectivity index (χ4n) is 2.62. The second-order valence-electron chi connectivity index (χ2n) is 5.25. The molecule has 0 N–H and O–H groups in total. The van der Waals surface area contributed by atoms with Crippen LogP contribution in [0, 0.1) is 5.92 Å². The summed E-state index contributed by atoms with van der Waals surface area (Å²) in [5, 5.41) is 0.0112. The van der Waals surface area contributed by atoms with Crippen LogP contribution in [0.4, 0.5) is 9.93 Å². The number of anilines is 1. The number of carbonyl (C=O) groups excluding carboxylic acids is 3. The molecule has 0 aliphatic heterocycles. The third kappa shape index (κ3) is 2.96. The first-order valence-electron chi connectivity index (χ1n) is 7.36. The fourth-order valence-corrected chi connectivity index (χ4v) is 4.09. The van der Waals surface area contributed by atoms with Gasteiger partial charge in [-0.2, -0.15) is 0 Å². The molecular formula is C15H14N4O3S2. The average Bonchev–Trinajstić information content (AvgIpc) is 3.00. The molecule has 0 saturated carbocycles. The number of carbonyl (C=O) groups is 3. The van der Waals surface area contributed by atoms with Crippen LogP contribution in [0.2, 0.25) is 0 Å². The zero-order valence-corrected chi connectivity index (χ0v) is 14.5. The van der Waals surface area contributed by atoms with Gasteiger partial charge in [0.1, 0.15) is 6.33 Å². The number of hydrogen-bond donors (Lipinski definition) is 1. The van der Waals surface area contributed by atoms with E-state index in [1.165, 1.54) is 23.6 Å². The molecule has 1 amide bonds. The van der Waals surface area contributed by atoms with Crippen molar-refractivity contribution in [3.05, 3.63) is 34.9 Å². The molecule has 9 heteroatoms. The molecule has 2 aromatic rings. The highest BCUT2D eigenvalue weighted by molar-refractivity contribution is 7.97. The Bertz CT molecular complexity index is 806. The van der Waals surface area contributed by atoms with Gasteiger partial charge in [0.05, 0.1) is 22.1 Å². The van der Waals surface area contributed by atoms with Crippen LogP contribution in [0.25, 0.3) is 0 Å². The summed E-state index contributed by atoms with van der Waals surface area (Å²) >= 11 is 4.96. The molecule has 2 heterocycles. The summed E-state index contributed by atoms with van der Waals surface area (Å²) in [7, 11) is 0. The highest BCUT2D eigenvalue weighted by atomic mass is 32.1. The Kier molecular flexibility index (Phi) is 4.72. The number of amides is 1. The molecule has 1 atom stereocenters. The van der Waals surface area contributed by atoms with E-state index in [1.807, 2.05) is 0 Å². The number of fused-ring (bicyclic) bond motifs is 1. The van der Waals surface area contributed by atoms with E-state index in [9.17, 15) is 14.4 Å². The zero-order valence-electron chi connectivity index (χ0n) is 12.8. The smallest absolute Gasteiger partial charge is 0.284 e. The van der Waals surface area contributed by atoms with E-state index in [2.05, 4.69) is 27.6 Å². The van der Waals surface area contributed by atoms with Gasteiger partial charge in [0.25, 0.3) is 5.24 Å². The molecule has 1 aliphatic carbocycles. The summed E-state index contributed by atoms with van der Waals surface area (Å²) in [4.78, 5) is 50.6. The van der Waals surface area contributed by atoms with Gasteiger partial charge >= 0.3 is 0 Å². The van der Waals surface area contributed by atoms with Crippen LogP contribution in [-0.2, 0) is 6.42 Å². The van der Waals surface area contributed by atoms with Gasteiger partial charge in [-0.15, -0.1) is 0 Å². The Morgan fingerprint density at radius 3 is 2.71 bits per heavy atom. The Balaban J connectivity index is 1.89. The van der Waals surface area contributed by atoms with Gasteiger partial charge in [-0.3, -0.25) is 19.3 Å². The number of aryl methyl sites for hydroxylation is 1. The monoisotopic (exact) mass is 362 g/mol. The summed E-state index contributed by atoms with van der Waals surface area (Å²) in [5.41, 5.74) is 0.964. The van der Waals surface area contributed by atoms with E-state index >= 15 is 0 Å². The standard InChI is InChI=1S/C15H14N4O3S2/c1-2-19(15(22)23)14-18-10-4-3-9(12(21)13(10)24-14)11(20)8-5-16-7-17-6-8/h5-7,9H,2-4H2,1H3,(H,22,23). The minimum Gasteiger partial charge on any atom is -0.293 e. The van der Waals surface area contributed by atoms with Crippen molar-refractivity contribution in [2.75, 3.05) is 11.4 Å². The molecular weight excluding hydrogens is 348 g/mol. The topological polar surface area (TPSA) is 93.1 Å². The maximum absolute atomic E-state index is 12.7. The number of nitrogens with zero attached hydrogens (tertiary/aromatic N) is 4. The SMILES string of the molecule is CCN(C(=O)S)c1nc2c(s1)C(=O)C(C(=O)c1cncnc1)CC2. The molecule has 0 radical (unpaired) electrons. The number of thiol groups is 1. The van der Waals surface area contributed by atoms with Crippen LogP contribution >= 0.6 is 24.0 Å². The maximum atomic E-state index is 12.7. The van der Waals surface area contributed by atoms with Crippen molar-refractivity contribution in [2.45, 2.75) is 19.8 Å². The Labute approximate surface area is 147 Å². The van der Waals surface area contributed by atoms with Crippen LogP contribution in [0.15, 0.2) is 18.7 Å². The van der Waals surface area contributed by atoms with Crippen LogP contribution in [0.1, 0.15) is 39.1 Å². The lowest BCUT2D eigenvalue weighted by Crippen LogP contribution is -2.29. The van der Waals surface area contributed by atoms with Gasteiger partial charge in [-0.25, -0.2) is 15.0 Å². The van der Waals surface area contributed by atoms with Crippen molar-refractivity contribution < 1.29 is 14.4 Å². The van der Waals surface area contributed by atoms with Crippen LogP contribution in [0.5, 0.6) is 0 Å². The summed E-state index contributed by atoms with van der Waals surface area (Å²) in [5.74, 6) is -1.28. The number of Topliss-reactive ketones (excluding diaryl/α,β-unsaturated/α-hetero) is 2. The van der Waals surface area contributed by atoms with E-state index < -0.39 is 11.2 Å². The molecule has 0 saturated heterocycles. The van der Waals surface area contributed by atoms with Crippen molar-refractivity contribution in [1.29, 1.82) is 0 Å². The van der Waals surface area contributed by atoms with E-state index in [0.29, 0.717) is 40.7 Å². The normalized spacial score (nSPS) is 16.6. The summed E-state index contributed by atoms with van der Waals surface area (Å²) < 4.78 is 0. The summed E-state index contributed by atoms with van der Waals surface area (Å²) in [6.07, 6.45) is 5.06. The largest absolute Gasteiger partial charge is 0.293 e. The van der Waals surface area contributed by atoms with E-state index in [1.54, 1.807) is 6.92 Å². The lowest BCUT2D eigenvalue weighted by molar-refractivity contribution is 0.0792. The molecule has 2 aromatic heterocycles. The second kappa shape index (κ2) is 6.78. The van der Waals surface area contributed by atoms with Gasteiger partial charge in [0, 0.05) is 18.9 Å². The Morgan fingerprint density at radius 1 is 1.38 bits per heavy atom. The van der Waals surface area contributed by atoms with E-state index in [4.69, 9.17) is 0 Å². The first-order valence-corrected chi connectivity index (χ1v) is 8.62. The second-order valence-corrected chi connectivity index (χ2v) is 6.61. The van der Waals surface area contributed by atoms with E-state index in [0.717, 1.165) is 11.3 Å². The number of rotatable bonds is 4. The highest BCUT2D eigenvalue weighted by Crippen LogP contribution is 2.35. The molecule has 24 heavy (non-hydrogen) atoms. The number of thiazole rings is 1. The molecule has 124 valence electrons. The number of hydrogen-bond acceptors (Lipinski definition) is 7. The molecule has 1 aliphatic rings. The first kappa shape index (κ1) is 16.7. The van der Waals surface area contributed by atoms with Crippen LogP contribution in [0.3, 0.4) is 0 Å². The summed E-state index contributed by atoms with van der Waals surface area (Å²) in [6.45, 7) is 2.21. The van der Waals surface area contributed by atoms with Gasteiger partial charge < -0.3 is 0 Å². The molecule has 3 rings (SSSR count). The van der Waals surface area contributed by atoms with Crippen LogP contribution < -0.4 is 4.90 Å². The Morgan fingerprint density at radius 2 is 2.08 bits per heavy atom. The molecule has 0 spiro atoms. The fraction of sp³-hybridized carbons (Fsp3) is 0.333. The lowest BCUT2D eigenvalue weighted by Gasteiger charge is -2.18. The molecule has 0 bridgehead atoms. The molecule has 1 unspecified atom stereocenters. The first-order chi connectivity index (χ1) is 11.5. The Hall–Kier alpha value is -2.13. The minimum atomic E-state index is -0.751. The maximum Gasteiger partial charge on any atom is 0.284 e. The van der Waals surface area contributed by atoms with Crippen molar-refractivity contribution >= 4 is 45.9 Å². The van der Waals surface area contributed by atoms with E-state index in [-0.39, 0.29) is 11.6 Å². The average molecular weight is 362 g/mol. The minimum absolute atomic E-state index is 0.253. The lowest BCUT2D eigenvalue weighted by atomic mass is 9.85. The van der Waals surface area contributed by atoms with Gasteiger partial charge in [0.15, 0.2) is 16.7 Å². The zero-order chi connectivity index (χ0) is 17.3. The van der Waals surface area contributed by atoms with Crippen molar-refractivity contribution in [1.82, 2.24) is 15.0 Å². The molecule has 7 nitrogen and oxygen atoms in total. The van der Waals surface area contributed by atoms with Gasteiger partial charge in [-0.1, -0.05) is 24.0 Å². The third-order valence-corrected chi connectivity index (χ3v) is 5.21. The van der Waals surface area contributed by atoms with Crippen molar-refractivity contribution in [3.8, 4) is 0 Å². The third-order valence-electron chi connectivity index (χ3n) is 3.84. The summed E-state index contributed by atoms with van der Waals surface area (Å²) in [6, 6.07) is 0. The molecule has 0 aromatic carbocycles. The van der Waals surface area contributed by atoms with Gasteiger partial charge in [0.2, 0.25) is 0 Å². The predicted molar refractivity (Wildman–Crippen MR) is 92.0 cm³/mol. The van der Waals surface area contributed by atoms with Crippen LogP contribution in [-0.4, -0.2) is 38.3 Å². The highest BCUT2D eigenvalue weighted by Gasteiger charge is 2.36. The van der Waals surface area contributed by atoms with Crippen molar-refractivity contribution in [2.24, 2.45) is 5.92 Å². The predicted octanol–water partition coefficient (Wildman–Crippen LogP) is 2.44. The molecule has 0 fully saturated rings. The van der Waals surface area contributed by atoms with Gasteiger partial charge in [-0.05, 0) is 19.8 Å². The number of aromatic nitrogens is 3. The van der Waals surface area contributed by atoms with Crippen molar-refractivity contribution in [3.63, 3.8) is 0 Å².